The van der Waals surface area contributed by atoms with E-state index < -0.39 is 0 Å². The Morgan fingerprint density at radius 2 is 1.90 bits per heavy atom. The van der Waals surface area contributed by atoms with E-state index in [1.807, 2.05) is 18.2 Å². The van der Waals surface area contributed by atoms with Crippen LogP contribution in [0.2, 0.25) is 0 Å². The Morgan fingerprint density at radius 1 is 1.19 bits per heavy atom. The molecule has 116 valence electrons. The van der Waals surface area contributed by atoms with Gasteiger partial charge in [-0.1, -0.05) is 33.3 Å². The van der Waals surface area contributed by atoms with Crippen LogP contribution in [0.25, 0.3) is 0 Å². The first-order valence-electron chi connectivity index (χ1n) is 8.26. The summed E-state index contributed by atoms with van der Waals surface area (Å²) < 4.78 is 0. The predicted molar refractivity (Wildman–Crippen MR) is 88.5 cm³/mol. The first-order valence-corrected chi connectivity index (χ1v) is 8.26. The second kappa shape index (κ2) is 6.64. The maximum Gasteiger partial charge on any atom is 0.251 e. The Bertz CT molecular complexity index is 506. The zero-order valence-electron chi connectivity index (χ0n) is 14.1. The molecule has 0 bridgehead atoms. The molecule has 1 aromatic carbocycles. The van der Waals surface area contributed by atoms with Crippen LogP contribution in [-0.4, -0.2) is 11.9 Å². The molecule has 3 atom stereocenters. The van der Waals surface area contributed by atoms with Crippen LogP contribution in [0, 0.1) is 31.6 Å². The Hall–Kier alpha value is -1.31. The van der Waals surface area contributed by atoms with Crippen LogP contribution < -0.4 is 5.32 Å². The molecule has 0 aliphatic heterocycles. The summed E-state index contributed by atoms with van der Waals surface area (Å²) in [5.41, 5.74) is 3.21. The fourth-order valence-electron chi connectivity index (χ4n) is 3.50. The number of hydrogen-bond acceptors (Lipinski definition) is 1. The van der Waals surface area contributed by atoms with Crippen molar-refractivity contribution in [2.75, 3.05) is 0 Å². The molecule has 2 heteroatoms. The lowest BCUT2D eigenvalue weighted by molar-refractivity contribution is 0.0868. The molecule has 1 aliphatic carbocycles. The lowest BCUT2D eigenvalue weighted by Crippen LogP contribution is -2.45. The van der Waals surface area contributed by atoms with E-state index in [9.17, 15) is 4.79 Å². The molecule has 0 unspecified atom stereocenters. The minimum atomic E-state index is 0.0860. The van der Waals surface area contributed by atoms with Crippen molar-refractivity contribution in [2.45, 2.75) is 59.9 Å². The van der Waals surface area contributed by atoms with Crippen LogP contribution >= 0.6 is 0 Å². The molecule has 1 amide bonds. The van der Waals surface area contributed by atoms with Crippen LogP contribution in [0.1, 0.15) is 61.5 Å². The van der Waals surface area contributed by atoms with Gasteiger partial charge in [0.15, 0.2) is 0 Å². The van der Waals surface area contributed by atoms with E-state index >= 15 is 0 Å². The highest BCUT2D eigenvalue weighted by Gasteiger charge is 2.31. The minimum absolute atomic E-state index is 0.0860. The zero-order valence-corrected chi connectivity index (χ0v) is 14.1. The van der Waals surface area contributed by atoms with Crippen LogP contribution in [-0.2, 0) is 0 Å². The topological polar surface area (TPSA) is 29.1 Å². The molecule has 2 rings (SSSR count). The number of amides is 1. The van der Waals surface area contributed by atoms with Gasteiger partial charge in [-0.25, -0.2) is 0 Å². The van der Waals surface area contributed by atoms with Gasteiger partial charge in [0.2, 0.25) is 0 Å². The highest BCUT2D eigenvalue weighted by molar-refractivity contribution is 5.94. The fraction of sp³-hybridized carbons (Fsp3) is 0.632. The summed E-state index contributed by atoms with van der Waals surface area (Å²) in [4.78, 5) is 12.5. The summed E-state index contributed by atoms with van der Waals surface area (Å²) in [5.74, 6) is 2.03. The monoisotopic (exact) mass is 287 g/mol. The van der Waals surface area contributed by atoms with E-state index in [-0.39, 0.29) is 5.91 Å². The third kappa shape index (κ3) is 3.87. The van der Waals surface area contributed by atoms with E-state index in [1.165, 1.54) is 24.0 Å². The minimum Gasteiger partial charge on any atom is -0.349 e. The van der Waals surface area contributed by atoms with E-state index in [2.05, 4.69) is 39.9 Å². The number of carbonyl (C=O) groups is 1. The van der Waals surface area contributed by atoms with Crippen LogP contribution in [0.5, 0.6) is 0 Å². The lowest BCUT2D eigenvalue weighted by Gasteiger charge is -2.37. The Labute approximate surface area is 129 Å². The summed E-state index contributed by atoms with van der Waals surface area (Å²) >= 11 is 0. The van der Waals surface area contributed by atoms with E-state index in [1.54, 1.807) is 0 Å². The quantitative estimate of drug-likeness (QED) is 0.871. The average molecular weight is 287 g/mol. The van der Waals surface area contributed by atoms with Crippen molar-refractivity contribution >= 4 is 5.91 Å². The normalized spacial score (nSPS) is 25.9. The highest BCUT2D eigenvalue weighted by atomic mass is 16.1. The molecule has 1 saturated carbocycles. The predicted octanol–water partition coefficient (Wildman–Crippen LogP) is 4.49. The SMILES string of the molecule is Cc1ccc(C(=O)N[C@@H]2C[C@H](C)CC[C@H]2C(C)C)cc1C. The Morgan fingerprint density at radius 3 is 2.52 bits per heavy atom. The number of rotatable bonds is 3. The number of benzene rings is 1. The van der Waals surface area contributed by atoms with Gasteiger partial charge < -0.3 is 5.32 Å². The maximum atomic E-state index is 12.5. The van der Waals surface area contributed by atoms with E-state index in [0.717, 1.165) is 12.0 Å². The van der Waals surface area contributed by atoms with Gasteiger partial charge in [0, 0.05) is 11.6 Å². The number of hydrogen-bond donors (Lipinski definition) is 1. The van der Waals surface area contributed by atoms with Gasteiger partial charge >= 0.3 is 0 Å². The highest BCUT2D eigenvalue weighted by Crippen LogP contribution is 2.33. The average Bonchev–Trinajstić information content (AvgIpc) is 2.41. The van der Waals surface area contributed by atoms with Crippen LogP contribution in [0.4, 0.5) is 0 Å². The molecule has 1 N–H and O–H groups in total. The molecule has 0 spiro atoms. The van der Waals surface area contributed by atoms with Crippen molar-refractivity contribution in [1.29, 1.82) is 0 Å². The first kappa shape index (κ1) is 16.1. The Kier molecular flexibility index (Phi) is 5.08. The molecular formula is C19H29NO. The third-order valence-electron chi connectivity index (χ3n) is 5.11. The molecule has 1 aromatic rings. The molecular weight excluding hydrogens is 258 g/mol. The van der Waals surface area contributed by atoms with Crippen LogP contribution in [0.15, 0.2) is 18.2 Å². The second-order valence-corrected chi connectivity index (χ2v) is 7.21. The van der Waals surface area contributed by atoms with Gasteiger partial charge in [0.25, 0.3) is 5.91 Å². The second-order valence-electron chi connectivity index (χ2n) is 7.21. The van der Waals surface area contributed by atoms with Gasteiger partial charge in [0.1, 0.15) is 0 Å². The van der Waals surface area contributed by atoms with E-state index in [0.29, 0.717) is 23.8 Å². The van der Waals surface area contributed by atoms with Gasteiger partial charge in [-0.2, -0.15) is 0 Å². The maximum absolute atomic E-state index is 12.5. The molecule has 0 saturated heterocycles. The van der Waals surface area contributed by atoms with Gasteiger partial charge in [-0.3, -0.25) is 4.79 Å². The fourth-order valence-corrected chi connectivity index (χ4v) is 3.50. The van der Waals surface area contributed by atoms with Crippen molar-refractivity contribution in [3.63, 3.8) is 0 Å². The molecule has 21 heavy (non-hydrogen) atoms. The smallest absolute Gasteiger partial charge is 0.251 e. The molecule has 2 nitrogen and oxygen atoms in total. The van der Waals surface area contributed by atoms with Gasteiger partial charge in [0.05, 0.1) is 0 Å². The van der Waals surface area contributed by atoms with Crippen molar-refractivity contribution < 1.29 is 4.79 Å². The van der Waals surface area contributed by atoms with Gasteiger partial charge in [-0.15, -0.1) is 0 Å². The standard InChI is InChI=1S/C19H29NO/c1-12(2)17-9-6-13(3)10-18(17)20-19(21)16-8-7-14(4)15(5)11-16/h7-8,11-13,17-18H,6,9-10H2,1-5H3,(H,20,21)/t13-,17+,18-/m1/s1. The number of aryl methyl sites for hydroxylation is 2. The number of carbonyl (C=O) groups excluding carboxylic acids is 1. The number of nitrogens with one attached hydrogen (secondary N) is 1. The summed E-state index contributed by atoms with van der Waals surface area (Å²) in [6.07, 6.45) is 3.63. The zero-order chi connectivity index (χ0) is 15.6. The van der Waals surface area contributed by atoms with Crippen molar-refractivity contribution in [1.82, 2.24) is 5.32 Å². The summed E-state index contributed by atoms with van der Waals surface area (Å²) in [7, 11) is 0. The molecule has 0 aromatic heterocycles. The van der Waals surface area contributed by atoms with Crippen molar-refractivity contribution in [3.05, 3.63) is 34.9 Å². The largest absolute Gasteiger partial charge is 0.349 e. The third-order valence-corrected chi connectivity index (χ3v) is 5.11. The molecule has 0 radical (unpaired) electrons. The van der Waals surface area contributed by atoms with Crippen molar-refractivity contribution in [3.8, 4) is 0 Å². The molecule has 0 heterocycles. The van der Waals surface area contributed by atoms with E-state index in [4.69, 9.17) is 0 Å². The molecule has 1 aliphatic rings. The Balaban J connectivity index is 2.10. The summed E-state index contributed by atoms with van der Waals surface area (Å²) in [6.45, 7) is 11.0. The van der Waals surface area contributed by atoms with Gasteiger partial charge in [-0.05, 0) is 67.7 Å². The molecule has 1 fully saturated rings. The van der Waals surface area contributed by atoms with Crippen molar-refractivity contribution in [2.24, 2.45) is 17.8 Å². The first-order chi connectivity index (χ1) is 9.88. The summed E-state index contributed by atoms with van der Waals surface area (Å²) in [5, 5.41) is 3.30. The lowest BCUT2D eigenvalue weighted by atomic mass is 9.74. The van der Waals surface area contributed by atoms with Crippen LogP contribution in [0.3, 0.4) is 0 Å². The summed E-state index contributed by atoms with van der Waals surface area (Å²) in [6, 6.07) is 6.30.